The summed E-state index contributed by atoms with van der Waals surface area (Å²) in [6.45, 7) is 5.45. The summed E-state index contributed by atoms with van der Waals surface area (Å²) in [5.74, 6) is -0.199. The lowest BCUT2D eigenvalue weighted by molar-refractivity contribution is -0.121. The van der Waals surface area contributed by atoms with E-state index >= 15 is 0 Å². The fourth-order valence-electron chi connectivity index (χ4n) is 3.58. The van der Waals surface area contributed by atoms with E-state index in [1.807, 2.05) is 98.8 Å². The minimum atomic E-state index is -0.369. The van der Waals surface area contributed by atoms with Gasteiger partial charge in [0.25, 0.3) is 0 Å². The van der Waals surface area contributed by atoms with E-state index in [4.69, 9.17) is 0 Å². The number of para-hydroxylation sites is 1. The van der Waals surface area contributed by atoms with E-state index < -0.39 is 0 Å². The number of rotatable bonds is 8. The van der Waals surface area contributed by atoms with Gasteiger partial charge in [0.2, 0.25) is 11.8 Å². The Morgan fingerprint density at radius 3 is 1.90 bits per heavy atom. The van der Waals surface area contributed by atoms with Crippen molar-refractivity contribution in [3.63, 3.8) is 0 Å². The lowest BCUT2D eigenvalue weighted by Crippen LogP contribution is -2.40. The number of hydrogen-bond donors (Lipinski definition) is 2. The highest BCUT2D eigenvalue weighted by Gasteiger charge is 2.24. The van der Waals surface area contributed by atoms with Gasteiger partial charge in [-0.2, -0.15) is 0 Å². The summed E-state index contributed by atoms with van der Waals surface area (Å²) >= 11 is 0. The highest BCUT2D eigenvalue weighted by molar-refractivity contribution is 5.94. The van der Waals surface area contributed by atoms with Gasteiger partial charge in [-0.25, -0.2) is 0 Å². The van der Waals surface area contributed by atoms with Gasteiger partial charge in [-0.15, -0.1) is 0 Å². The first kappa shape index (κ1) is 22.1. The molecule has 0 aliphatic heterocycles. The summed E-state index contributed by atoms with van der Waals surface area (Å²) < 4.78 is 0. The van der Waals surface area contributed by atoms with Crippen LogP contribution in [-0.2, 0) is 9.59 Å². The van der Waals surface area contributed by atoms with Gasteiger partial charge in [-0.05, 0) is 55.8 Å². The van der Waals surface area contributed by atoms with Crippen molar-refractivity contribution in [2.75, 3.05) is 10.2 Å². The number of nitrogens with one attached hydrogen (secondary N) is 2. The second-order valence-corrected chi connectivity index (χ2v) is 7.76. The van der Waals surface area contributed by atoms with Gasteiger partial charge in [-0.3, -0.25) is 9.59 Å². The highest BCUT2D eigenvalue weighted by atomic mass is 16.2. The van der Waals surface area contributed by atoms with E-state index in [-0.39, 0.29) is 30.3 Å². The Bertz CT molecular complexity index is 986. The topological polar surface area (TPSA) is 61.4 Å². The zero-order valence-corrected chi connectivity index (χ0v) is 18.2. The van der Waals surface area contributed by atoms with Crippen LogP contribution in [0.1, 0.15) is 38.8 Å². The zero-order valence-electron chi connectivity index (χ0n) is 18.2. The molecule has 2 N–H and O–H groups in total. The van der Waals surface area contributed by atoms with Gasteiger partial charge < -0.3 is 15.5 Å². The molecule has 160 valence electrons. The Kier molecular flexibility index (Phi) is 7.44. The van der Waals surface area contributed by atoms with Gasteiger partial charge >= 0.3 is 0 Å². The predicted molar refractivity (Wildman–Crippen MR) is 126 cm³/mol. The first-order chi connectivity index (χ1) is 14.9. The van der Waals surface area contributed by atoms with Crippen molar-refractivity contribution in [1.82, 2.24) is 5.32 Å². The van der Waals surface area contributed by atoms with E-state index in [0.717, 1.165) is 22.6 Å². The summed E-state index contributed by atoms with van der Waals surface area (Å²) in [5.41, 5.74) is 3.70. The third kappa shape index (κ3) is 6.19. The molecule has 1 atom stereocenters. The lowest BCUT2D eigenvalue weighted by Gasteiger charge is -2.29. The molecule has 0 fully saturated rings. The highest BCUT2D eigenvalue weighted by Crippen LogP contribution is 2.25. The van der Waals surface area contributed by atoms with Crippen LogP contribution < -0.4 is 15.5 Å². The molecule has 0 aliphatic carbocycles. The molecule has 5 nitrogen and oxygen atoms in total. The molecular formula is C26H29N3O2. The maximum Gasteiger partial charge on any atom is 0.229 e. The van der Waals surface area contributed by atoms with Crippen molar-refractivity contribution in [2.45, 2.75) is 39.3 Å². The maximum absolute atomic E-state index is 13.3. The van der Waals surface area contributed by atoms with Crippen LogP contribution in [0.25, 0.3) is 0 Å². The molecule has 0 saturated heterocycles. The second kappa shape index (κ2) is 10.4. The minimum Gasteiger partial charge on any atom is -0.356 e. The molecule has 0 heterocycles. The van der Waals surface area contributed by atoms with Gasteiger partial charge in [0.1, 0.15) is 0 Å². The van der Waals surface area contributed by atoms with E-state index in [1.54, 1.807) is 4.90 Å². The predicted octanol–water partition coefficient (Wildman–Crippen LogP) is 5.44. The van der Waals surface area contributed by atoms with E-state index in [0.29, 0.717) is 0 Å². The Morgan fingerprint density at radius 2 is 1.35 bits per heavy atom. The summed E-state index contributed by atoms with van der Waals surface area (Å²) in [7, 11) is 0. The van der Waals surface area contributed by atoms with Gasteiger partial charge in [0, 0.05) is 30.0 Å². The molecule has 0 aliphatic rings. The molecule has 5 heteroatoms. The van der Waals surface area contributed by atoms with Crippen LogP contribution in [0, 0.1) is 0 Å². The number of hydrogen-bond acceptors (Lipinski definition) is 3. The summed E-state index contributed by atoms with van der Waals surface area (Å²) in [5, 5.41) is 6.27. The maximum atomic E-state index is 13.3. The number of anilines is 3. The molecule has 0 bridgehead atoms. The Labute approximate surface area is 184 Å². The average molecular weight is 416 g/mol. The standard InChI is InChI=1S/C26H29N3O2/c1-19(2)29(24-16-14-23(15-17-24)28-22-12-8-5-9-13-22)26(31)18-25(27-20(3)30)21-10-6-4-7-11-21/h4-17,19,25,28H,18H2,1-3H3,(H,27,30). The Morgan fingerprint density at radius 1 is 0.806 bits per heavy atom. The van der Waals surface area contributed by atoms with Crippen LogP contribution in [-0.4, -0.2) is 17.9 Å². The van der Waals surface area contributed by atoms with E-state index in [2.05, 4.69) is 10.6 Å². The molecule has 0 saturated carbocycles. The first-order valence-electron chi connectivity index (χ1n) is 10.5. The van der Waals surface area contributed by atoms with Gasteiger partial charge in [-0.1, -0.05) is 48.5 Å². The van der Waals surface area contributed by atoms with Crippen molar-refractivity contribution < 1.29 is 9.59 Å². The molecular weight excluding hydrogens is 386 g/mol. The van der Waals surface area contributed by atoms with Crippen molar-refractivity contribution in [3.8, 4) is 0 Å². The summed E-state index contributed by atoms with van der Waals surface area (Å²) in [6, 6.07) is 27.0. The van der Waals surface area contributed by atoms with Crippen LogP contribution in [0.15, 0.2) is 84.9 Å². The van der Waals surface area contributed by atoms with Crippen LogP contribution in [0.4, 0.5) is 17.1 Å². The molecule has 3 aromatic carbocycles. The van der Waals surface area contributed by atoms with Gasteiger partial charge in [0.05, 0.1) is 12.5 Å². The molecule has 31 heavy (non-hydrogen) atoms. The van der Waals surface area contributed by atoms with E-state index in [1.165, 1.54) is 6.92 Å². The molecule has 0 radical (unpaired) electrons. The third-order valence-corrected chi connectivity index (χ3v) is 4.95. The van der Waals surface area contributed by atoms with Crippen molar-refractivity contribution in [3.05, 3.63) is 90.5 Å². The largest absolute Gasteiger partial charge is 0.356 e. The van der Waals surface area contributed by atoms with Gasteiger partial charge in [0.15, 0.2) is 0 Å². The summed E-state index contributed by atoms with van der Waals surface area (Å²) in [6.07, 6.45) is 0.186. The number of amides is 2. The van der Waals surface area contributed by atoms with Crippen LogP contribution >= 0.6 is 0 Å². The normalized spacial score (nSPS) is 11.6. The van der Waals surface area contributed by atoms with Crippen LogP contribution in [0.5, 0.6) is 0 Å². The quantitative estimate of drug-likeness (QED) is 0.515. The van der Waals surface area contributed by atoms with Crippen molar-refractivity contribution in [1.29, 1.82) is 0 Å². The summed E-state index contributed by atoms with van der Waals surface area (Å²) in [4.78, 5) is 26.8. The minimum absolute atomic E-state index is 0.0193. The molecule has 0 spiro atoms. The van der Waals surface area contributed by atoms with Crippen LogP contribution in [0.2, 0.25) is 0 Å². The number of carbonyl (C=O) groups excluding carboxylic acids is 2. The Balaban J connectivity index is 1.77. The molecule has 0 aromatic heterocycles. The average Bonchev–Trinajstić information content (AvgIpc) is 2.75. The number of nitrogens with zero attached hydrogens (tertiary/aromatic N) is 1. The fourth-order valence-corrected chi connectivity index (χ4v) is 3.58. The molecule has 3 aromatic rings. The number of benzene rings is 3. The molecule has 3 rings (SSSR count). The first-order valence-corrected chi connectivity index (χ1v) is 10.5. The SMILES string of the molecule is CC(=O)NC(CC(=O)N(c1ccc(Nc2ccccc2)cc1)C(C)C)c1ccccc1. The van der Waals surface area contributed by atoms with E-state index in [9.17, 15) is 9.59 Å². The third-order valence-electron chi connectivity index (χ3n) is 4.95. The molecule has 2 amide bonds. The Hall–Kier alpha value is -3.60. The fraction of sp³-hybridized carbons (Fsp3) is 0.231. The zero-order chi connectivity index (χ0) is 22.2. The second-order valence-electron chi connectivity index (χ2n) is 7.76. The smallest absolute Gasteiger partial charge is 0.229 e. The van der Waals surface area contributed by atoms with Crippen molar-refractivity contribution in [2.24, 2.45) is 0 Å². The van der Waals surface area contributed by atoms with Crippen molar-refractivity contribution >= 4 is 28.9 Å². The monoisotopic (exact) mass is 415 g/mol. The lowest BCUT2D eigenvalue weighted by atomic mass is 10.0. The van der Waals surface area contributed by atoms with Crippen LogP contribution in [0.3, 0.4) is 0 Å². The number of carbonyl (C=O) groups is 2. The molecule has 1 unspecified atom stereocenters.